The minimum Gasteiger partial charge on any atom is -0.444 e. The van der Waals surface area contributed by atoms with Crippen molar-refractivity contribution in [2.24, 2.45) is 5.92 Å². The van der Waals surface area contributed by atoms with Crippen LogP contribution in [-0.2, 0) is 4.74 Å². The number of ether oxygens (including phenoxy) is 1. The van der Waals surface area contributed by atoms with Gasteiger partial charge in [-0.1, -0.05) is 0 Å². The largest absolute Gasteiger partial charge is 0.444 e. The van der Waals surface area contributed by atoms with Gasteiger partial charge in [0.1, 0.15) is 5.60 Å². The summed E-state index contributed by atoms with van der Waals surface area (Å²) in [6.45, 7) is 9.82. The molecule has 1 aromatic heterocycles. The van der Waals surface area contributed by atoms with E-state index in [0.29, 0.717) is 18.4 Å². The molecular formula is C15H24N4O2. The van der Waals surface area contributed by atoms with Gasteiger partial charge in [0.15, 0.2) is 0 Å². The van der Waals surface area contributed by atoms with Gasteiger partial charge in [0.2, 0.25) is 5.95 Å². The van der Waals surface area contributed by atoms with Gasteiger partial charge in [0.25, 0.3) is 0 Å². The van der Waals surface area contributed by atoms with Gasteiger partial charge in [-0.15, -0.1) is 0 Å². The molecule has 0 unspecified atom stereocenters. The van der Waals surface area contributed by atoms with Gasteiger partial charge in [0, 0.05) is 31.5 Å². The van der Waals surface area contributed by atoms with E-state index in [1.54, 1.807) is 11.1 Å². The predicted molar refractivity (Wildman–Crippen MR) is 81.2 cm³/mol. The molecule has 1 saturated heterocycles. The molecule has 1 N–H and O–H groups in total. The topological polar surface area (TPSA) is 67.4 Å². The molecule has 2 rings (SSSR count). The Bertz CT molecular complexity index is 499. The first kappa shape index (κ1) is 15.5. The number of hydrogen-bond acceptors (Lipinski definition) is 5. The number of carbonyl (C=O) groups is 1. The summed E-state index contributed by atoms with van der Waals surface area (Å²) in [6.07, 6.45) is 2.49. The Labute approximate surface area is 125 Å². The number of rotatable bonds is 3. The second-order valence-electron chi connectivity index (χ2n) is 6.48. The van der Waals surface area contributed by atoms with E-state index in [4.69, 9.17) is 4.74 Å². The average Bonchev–Trinajstić information content (AvgIpc) is 2.83. The van der Waals surface area contributed by atoms with E-state index < -0.39 is 5.60 Å². The van der Waals surface area contributed by atoms with E-state index >= 15 is 0 Å². The number of amides is 1. The van der Waals surface area contributed by atoms with Gasteiger partial charge in [-0.05, 0) is 46.1 Å². The highest BCUT2D eigenvalue weighted by Gasteiger charge is 2.29. The first-order valence-electron chi connectivity index (χ1n) is 7.35. The predicted octanol–water partition coefficient (Wildman–Crippen LogP) is 2.45. The lowest BCUT2D eigenvalue weighted by molar-refractivity contribution is 0.0289. The maximum absolute atomic E-state index is 12.0. The molecule has 1 fully saturated rings. The third-order valence-electron chi connectivity index (χ3n) is 3.28. The second kappa shape index (κ2) is 6.28. The summed E-state index contributed by atoms with van der Waals surface area (Å²) in [5.74, 6) is 1.05. The highest BCUT2D eigenvalue weighted by molar-refractivity contribution is 5.68. The zero-order valence-electron chi connectivity index (χ0n) is 13.2. The van der Waals surface area contributed by atoms with Gasteiger partial charge >= 0.3 is 6.09 Å². The normalized spacial score (nSPS) is 18.7. The van der Waals surface area contributed by atoms with E-state index in [9.17, 15) is 4.79 Å². The monoisotopic (exact) mass is 292 g/mol. The molecule has 1 aliphatic heterocycles. The second-order valence-corrected chi connectivity index (χ2v) is 6.48. The van der Waals surface area contributed by atoms with Crippen LogP contribution in [0.4, 0.5) is 10.7 Å². The molecule has 0 radical (unpaired) electrons. The molecule has 1 amide bonds. The Morgan fingerprint density at radius 3 is 2.95 bits per heavy atom. The lowest BCUT2D eigenvalue weighted by atomic mass is 10.1. The van der Waals surface area contributed by atoms with Crippen LogP contribution < -0.4 is 5.32 Å². The molecule has 6 heteroatoms. The van der Waals surface area contributed by atoms with Crippen molar-refractivity contribution in [2.45, 2.75) is 39.7 Å². The third kappa shape index (κ3) is 4.88. The molecule has 116 valence electrons. The van der Waals surface area contributed by atoms with Crippen LogP contribution >= 0.6 is 0 Å². The Hall–Kier alpha value is -1.85. The Balaban J connectivity index is 1.79. The molecule has 0 aliphatic carbocycles. The summed E-state index contributed by atoms with van der Waals surface area (Å²) in [5.41, 5.74) is 0.498. The van der Waals surface area contributed by atoms with Crippen molar-refractivity contribution in [3.63, 3.8) is 0 Å². The van der Waals surface area contributed by atoms with Gasteiger partial charge in [-0.3, -0.25) is 0 Å². The number of aromatic nitrogens is 2. The van der Waals surface area contributed by atoms with Crippen LogP contribution in [0.3, 0.4) is 0 Å². The molecule has 0 aromatic carbocycles. The van der Waals surface area contributed by atoms with Crippen LogP contribution in [0.5, 0.6) is 0 Å². The molecule has 2 heterocycles. The molecular weight excluding hydrogens is 268 g/mol. The van der Waals surface area contributed by atoms with E-state index in [0.717, 1.165) is 25.2 Å². The Morgan fingerprint density at radius 2 is 2.29 bits per heavy atom. The minimum atomic E-state index is -0.442. The molecule has 21 heavy (non-hydrogen) atoms. The Kier molecular flexibility index (Phi) is 4.65. The number of carbonyl (C=O) groups excluding carboxylic acids is 1. The number of hydrogen-bond donors (Lipinski definition) is 1. The minimum absolute atomic E-state index is 0.225. The van der Waals surface area contributed by atoms with E-state index in [-0.39, 0.29) is 6.09 Å². The van der Waals surface area contributed by atoms with Crippen LogP contribution in [0.15, 0.2) is 12.3 Å². The lowest BCUT2D eigenvalue weighted by Gasteiger charge is -2.24. The van der Waals surface area contributed by atoms with Crippen molar-refractivity contribution in [1.82, 2.24) is 14.9 Å². The van der Waals surface area contributed by atoms with Crippen LogP contribution in [-0.4, -0.2) is 46.2 Å². The maximum atomic E-state index is 12.0. The molecule has 1 atom stereocenters. The molecule has 0 bridgehead atoms. The summed E-state index contributed by atoms with van der Waals surface area (Å²) < 4.78 is 5.39. The summed E-state index contributed by atoms with van der Waals surface area (Å²) in [6, 6.07) is 1.87. The zero-order chi connectivity index (χ0) is 15.5. The van der Waals surface area contributed by atoms with Crippen molar-refractivity contribution in [1.29, 1.82) is 0 Å². The molecule has 1 aromatic rings. The molecule has 0 saturated carbocycles. The number of nitrogens with one attached hydrogen (secondary N) is 1. The van der Waals surface area contributed by atoms with E-state index in [1.165, 1.54) is 0 Å². The number of aryl methyl sites for hydroxylation is 1. The van der Waals surface area contributed by atoms with Crippen molar-refractivity contribution >= 4 is 12.0 Å². The number of nitrogens with zero attached hydrogens (tertiary/aromatic N) is 3. The maximum Gasteiger partial charge on any atom is 0.410 e. The smallest absolute Gasteiger partial charge is 0.410 e. The van der Waals surface area contributed by atoms with E-state index in [2.05, 4.69) is 15.3 Å². The average molecular weight is 292 g/mol. The fraction of sp³-hybridized carbons (Fsp3) is 0.667. The summed E-state index contributed by atoms with van der Waals surface area (Å²) >= 11 is 0. The molecule has 1 aliphatic rings. The number of anilines is 1. The first-order chi connectivity index (χ1) is 9.83. The standard InChI is InChI=1S/C15H24N4O2/c1-11-5-7-16-13(18-11)17-9-12-6-8-19(10-12)14(20)21-15(2,3)4/h5,7,12H,6,8-10H2,1-4H3,(H,16,17,18)/t12-/m1/s1. The van der Waals surface area contributed by atoms with Crippen LogP contribution in [0.1, 0.15) is 32.9 Å². The van der Waals surface area contributed by atoms with Gasteiger partial charge in [0.05, 0.1) is 0 Å². The van der Waals surface area contributed by atoms with Gasteiger partial charge < -0.3 is 15.0 Å². The summed E-state index contributed by atoms with van der Waals surface area (Å²) in [5, 5.41) is 3.23. The van der Waals surface area contributed by atoms with Crippen molar-refractivity contribution < 1.29 is 9.53 Å². The SMILES string of the molecule is Cc1ccnc(NC[C@H]2CCN(C(=O)OC(C)(C)C)C2)n1. The van der Waals surface area contributed by atoms with Crippen LogP contribution in [0.2, 0.25) is 0 Å². The van der Waals surface area contributed by atoms with Crippen molar-refractivity contribution in [3.8, 4) is 0 Å². The lowest BCUT2D eigenvalue weighted by Crippen LogP contribution is -2.35. The van der Waals surface area contributed by atoms with Crippen molar-refractivity contribution in [2.75, 3.05) is 25.0 Å². The highest BCUT2D eigenvalue weighted by Crippen LogP contribution is 2.19. The Morgan fingerprint density at radius 1 is 1.52 bits per heavy atom. The fourth-order valence-electron chi connectivity index (χ4n) is 2.26. The zero-order valence-corrected chi connectivity index (χ0v) is 13.2. The van der Waals surface area contributed by atoms with E-state index in [1.807, 2.05) is 33.8 Å². The van der Waals surface area contributed by atoms with Gasteiger partial charge in [-0.25, -0.2) is 14.8 Å². The number of likely N-dealkylation sites (tertiary alicyclic amines) is 1. The van der Waals surface area contributed by atoms with Crippen LogP contribution in [0.25, 0.3) is 0 Å². The molecule has 6 nitrogen and oxygen atoms in total. The quantitative estimate of drug-likeness (QED) is 0.927. The fourth-order valence-corrected chi connectivity index (χ4v) is 2.26. The van der Waals surface area contributed by atoms with Crippen molar-refractivity contribution in [3.05, 3.63) is 18.0 Å². The molecule has 0 spiro atoms. The summed E-state index contributed by atoms with van der Waals surface area (Å²) in [4.78, 5) is 22.2. The third-order valence-corrected chi connectivity index (χ3v) is 3.28. The van der Waals surface area contributed by atoms with Gasteiger partial charge in [-0.2, -0.15) is 0 Å². The highest BCUT2D eigenvalue weighted by atomic mass is 16.6. The first-order valence-corrected chi connectivity index (χ1v) is 7.35. The van der Waals surface area contributed by atoms with Crippen LogP contribution in [0, 0.1) is 12.8 Å². The summed E-state index contributed by atoms with van der Waals surface area (Å²) in [7, 11) is 0.